The molecule has 8 heteroatoms. The number of nitrogens with zero attached hydrogens (tertiary/aromatic N) is 3. The highest BCUT2D eigenvalue weighted by molar-refractivity contribution is 6.54. The number of nitro groups is 1. The van der Waals surface area contributed by atoms with Crippen LogP contribution in [-0.2, 0) is 17.8 Å². The minimum absolute atomic E-state index is 0.00919. The quantitative estimate of drug-likeness (QED) is 0.490. The number of hydrogen-bond donors (Lipinski definition) is 2. The van der Waals surface area contributed by atoms with E-state index in [1.54, 1.807) is 12.1 Å². The fourth-order valence-electron chi connectivity index (χ4n) is 3.66. The molecule has 1 amide bonds. The van der Waals surface area contributed by atoms with Crippen molar-refractivity contribution in [1.82, 2.24) is 4.90 Å². The number of benzene rings is 2. The fourth-order valence-corrected chi connectivity index (χ4v) is 3.66. The summed E-state index contributed by atoms with van der Waals surface area (Å²) in [6.07, 6.45) is 0.763. The van der Waals surface area contributed by atoms with Gasteiger partial charge in [-0.25, -0.2) is 0 Å². The Morgan fingerprint density at radius 2 is 2.08 bits per heavy atom. The number of non-ortho nitro benzene ring substituents is 1. The summed E-state index contributed by atoms with van der Waals surface area (Å²) in [6.45, 7) is 1.49. The normalized spacial score (nSPS) is 17.7. The van der Waals surface area contributed by atoms with E-state index in [1.165, 1.54) is 12.1 Å². The molecule has 2 aliphatic rings. The molecule has 0 radical (unpaired) electrons. The van der Waals surface area contributed by atoms with Crippen LogP contribution >= 0.6 is 0 Å². The van der Waals surface area contributed by atoms with Gasteiger partial charge in [-0.1, -0.05) is 17.3 Å². The van der Waals surface area contributed by atoms with Gasteiger partial charge in [-0.15, -0.1) is 0 Å². The second kappa shape index (κ2) is 5.92. The maximum atomic E-state index is 12.1. The zero-order valence-electron chi connectivity index (χ0n) is 14.0. The Balaban J connectivity index is 1.98. The van der Waals surface area contributed by atoms with Crippen molar-refractivity contribution in [2.75, 3.05) is 18.9 Å². The van der Waals surface area contributed by atoms with Gasteiger partial charge in [-0.05, 0) is 41.8 Å². The Morgan fingerprint density at radius 1 is 1.27 bits per heavy atom. The molecule has 0 atom stereocenters. The zero-order valence-corrected chi connectivity index (χ0v) is 14.0. The zero-order chi connectivity index (χ0) is 18.4. The van der Waals surface area contributed by atoms with Crippen molar-refractivity contribution in [3.8, 4) is 11.1 Å². The molecule has 2 heterocycles. The average Bonchev–Trinajstić information content (AvgIpc) is 2.96. The summed E-state index contributed by atoms with van der Waals surface area (Å²) in [5, 5.41) is 26.3. The van der Waals surface area contributed by atoms with E-state index in [4.69, 9.17) is 0 Å². The minimum Gasteiger partial charge on any atom is -0.410 e. The molecule has 0 fully saturated rings. The van der Waals surface area contributed by atoms with Gasteiger partial charge in [-0.3, -0.25) is 14.9 Å². The van der Waals surface area contributed by atoms with Gasteiger partial charge in [0.05, 0.1) is 10.6 Å². The number of nitro benzene ring substituents is 1. The lowest BCUT2D eigenvalue weighted by Gasteiger charge is -2.29. The standard InChI is InChI=1S/C18H16N4O4/c1-21-6-5-12-13(10-3-2-4-11(7-10)22(25)26)8-14-16(15(12)9-21)19-18(23)17(14)20-24/h2-4,7-8,24H,5-6,9H2,1H3,(H,19,20,23). The van der Waals surface area contributed by atoms with Crippen molar-refractivity contribution in [3.63, 3.8) is 0 Å². The summed E-state index contributed by atoms with van der Waals surface area (Å²) in [6, 6.07) is 8.22. The minimum atomic E-state index is -0.450. The van der Waals surface area contributed by atoms with Gasteiger partial charge in [0.1, 0.15) is 0 Å². The molecule has 0 aliphatic carbocycles. The second-order valence-electron chi connectivity index (χ2n) is 6.50. The van der Waals surface area contributed by atoms with Gasteiger partial charge < -0.3 is 15.4 Å². The topological polar surface area (TPSA) is 108 Å². The smallest absolute Gasteiger partial charge is 0.278 e. The summed E-state index contributed by atoms with van der Waals surface area (Å²) < 4.78 is 0. The number of amides is 1. The molecule has 0 saturated carbocycles. The molecule has 26 heavy (non-hydrogen) atoms. The third kappa shape index (κ3) is 2.42. The van der Waals surface area contributed by atoms with E-state index >= 15 is 0 Å². The molecule has 2 N–H and O–H groups in total. The molecule has 2 aromatic carbocycles. The van der Waals surface area contributed by atoms with Gasteiger partial charge >= 0.3 is 0 Å². The molecular weight excluding hydrogens is 336 g/mol. The van der Waals surface area contributed by atoms with Gasteiger partial charge in [0, 0.05) is 30.8 Å². The number of carbonyl (C=O) groups is 1. The highest BCUT2D eigenvalue weighted by atomic mass is 16.6. The number of oxime groups is 1. The van der Waals surface area contributed by atoms with Crippen LogP contribution in [-0.4, -0.2) is 40.2 Å². The van der Waals surface area contributed by atoms with E-state index in [-0.39, 0.29) is 11.4 Å². The largest absolute Gasteiger partial charge is 0.410 e. The van der Waals surface area contributed by atoms with Crippen LogP contribution in [0.15, 0.2) is 35.5 Å². The van der Waals surface area contributed by atoms with Crippen molar-refractivity contribution >= 4 is 23.0 Å². The monoisotopic (exact) mass is 352 g/mol. The van der Waals surface area contributed by atoms with Gasteiger partial charge in [-0.2, -0.15) is 0 Å². The first-order valence-corrected chi connectivity index (χ1v) is 8.15. The van der Waals surface area contributed by atoms with Crippen LogP contribution in [0.3, 0.4) is 0 Å². The number of hydrogen-bond acceptors (Lipinski definition) is 6. The first kappa shape index (κ1) is 16.2. The number of fused-ring (bicyclic) bond motifs is 3. The van der Waals surface area contributed by atoms with Gasteiger partial charge in [0.25, 0.3) is 11.6 Å². The van der Waals surface area contributed by atoms with Crippen molar-refractivity contribution in [1.29, 1.82) is 0 Å². The van der Waals surface area contributed by atoms with E-state index in [1.807, 2.05) is 13.1 Å². The van der Waals surface area contributed by atoms with Crippen LogP contribution in [0, 0.1) is 10.1 Å². The third-order valence-electron chi connectivity index (χ3n) is 4.90. The summed E-state index contributed by atoms with van der Waals surface area (Å²) in [5.74, 6) is -0.450. The van der Waals surface area contributed by atoms with Crippen LogP contribution in [0.1, 0.15) is 16.7 Å². The van der Waals surface area contributed by atoms with Crippen molar-refractivity contribution in [2.24, 2.45) is 5.16 Å². The Bertz CT molecular complexity index is 983. The van der Waals surface area contributed by atoms with E-state index in [2.05, 4.69) is 15.4 Å². The SMILES string of the molecule is CN1CCc2c(-c3cccc([N+](=O)[O-])c3)cc3c(c2C1)NC(=O)/C3=N\O. The number of nitrogens with one attached hydrogen (secondary N) is 1. The molecule has 0 spiro atoms. The number of carbonyl (C=O) groups excluding carboxylic acids is 1. The molecule has 0 unspecified atom stereocenters. The molecule has 8 nitrogen and oxygen atoms in total. The first-order chi connectivity index (χ1) is 12.5. The van der Waals surface area contributed by atoms with Gasteiger partial charge in [0.15, 0.2) is 5.71 Å². The lowest BCUT2D eigenvalue weighted by atomic mass is 9.87. The van der Waals surface area contributed by atoms with Crippen LogP contribution in [0.25, 0.3) is 11.1 Å². The summed E-state index contributed by atoms with van der Waals surface area (Å²) >= 11 is 0. The van der Waals surface area contributed by atoms with Crippen molar-refractivity contribution < 1.29 is 14.9 Å². The lowest BCUT2D eigenvalue weighted by Crippen LogP contribution is -2.27. The van der Waals surface area contributed by atoms with E-state index < -0.39 is 10.8 Å². The number of anilines is 1. The van der Waals surface area contributed by atoms with Gasteiger partial charge in [0.2, 0.25) is 0 Å². The highest BCUT2D eigenvalue weighted by Crippen LogP contribution is 2.40. The predicted molar refractivity (Wildman–Crippen MR) is 95.5 cm³/mol. The van der Waals surface area contributed by atoms with Crippen LogP contribution < -0.4 is 5.32 Å². The first-order valence-electron chi connectivity index (χ1n) is 8.15. The van der Waals surface area contributed by atoms with E-state index in [0.717, 1.165) is 29.7 Å². The molecule has 0 saturated heterocycles. The Labute approximate surface area is 148 Å². The molecule has 2 aliphatic heterocycles. The predicted octanol–water partition coefficient (Wildman–Crippen LogP) is 2.38. The molecule has 2 aromatic rings. The molecular formula is C18H16N4O4. The highest BCUT2D eigenvalue weighted by Gasteiger charge is 2.33. The Kier molecular flexibility index (Phi) is 3.69. The molecule has 132 valence electrons. The van der Waals surface area contributed by atoms with E-state index in [9.17, 15) is 20.1 Å². The van der Waals surface area contributed by atoms with Crippen LogP contribution in [0.2, 0.25) is 0 Å². The van der Waals surface area contributed by atoms with Crippen molar-refractivity contribution in [3.05, 3.63) is 57.1 Å². The molecule has 4 rings (SSSR count). The number of rotatable bonds is 2. The Hall–Kier alpha value is -3.26. The fraction of sp³-hybridized carbons (Fsp3) is 0.222. The van der Waals surface area contributed by atoms with Crippen molar-refractivity contribution in [2.45, 2.75) is 13.0 Å². The van der Waals surface area contributed by atoms with Crippen LogP contribution in [0.5, 0.6) is 0 Å². The average molecular weight is 352 g/mol. The lowest BCUT2D eigenvalue weighted by molar-refractivity contribution is -0.384. The molecule has 0 aromatic heterocycles. The number of likely N-dealkylation sites (N-methyl/N-ethyl adjacent to an activating group) is 1. The molecule has 0 bridgehead atoms. The summed E-state index contributed by atoms with van der Waals surface area (Å²) in [4.78, 5) is 25.0. The maximum absolute atomic E-state index is 12.1. The second-order valence-corrected chi connectivity index (χ2v) is 6.50. The maximum Gasteiger partial charge on any atom is 0.278 e. The third-order valence-corrected chi connectivity index (χ3v) is 4.90. The summed E-state index contributed by atoms with van der Waals surface area (Å²) in [7, 11) is 1.99. The van der Waals surface area contributed by atoms with Crippen LogP contribution in [0.4, 0.5) is 11.4 Å². The van der Waals surface area contributed by atoms with E-state index in [0.29, 0.717) is 23.4 Å². The summed E-state index contributed by atoms with van der Waals surface area (Å²) in [5.41, 5.74) is 4.71. The Morgan fingerprint density at radius 3 is 2.81 bits per heavy atom.